The first-order chi connectivity index (χ1) is 14.2. The summed E-state index contributed by atoms with van der Waals surface area (Å²) in [6.45, 7) is 0.756. The molecule has 0 radical (unpaired) electrons. The number of benzene rings is 2. The lowest BCUT2D eigenvalue weighted by Gasteiger charge is -2.06. The number of hydrogen-bond acceptors (Lipinski definition) is 6. The number of nitrogens with zero attached hydrogens (tertiary/aromatic N) is 3. The molecule has 8 heteroatoms. The van der Waals surface area contributed by atoms with Gasteiger partial charge in [0.15, 0.2) is 5.52 Å². The van der Waals surface area contributed by atoms with Crippen LogP contribution in [0.15, 0.2) is 65.7 Å². The molecule has 0 fully saturated rings. The third kappa shape index (κ3) is 4.02. The van der Waals surface area contributed by atoms with Gasteiger partial charge in [-0.15, -0.1) is 0 Å². The van der Waals surface area contributed by atoms with Gasteiger partial charge in [0.1, 0.15) is 16.1 Å². The zero-order chi connectivity index (χ0) is 20.2. The monoisotopic (exact) mass is 406 g/mol. The Morgan fingerprint density at radius 3 is 2.55 bits per heavy atom. The lowest BCUT2D eigenvalue weighted by Crippen LogP contribution is -2.24. The van der Waals surface area contributed by atoms with E-state index in [0.717, 1.165) is 28.4 Å². The Hall–Kier alpha value is -3.52. The Balaban J connectivity index is 1.52. The number of methoxy groups -OCH3 is 1. The highest BCUT2D eigenvalue weighted by molar-refractivity contribution is 7.09. The van der Waals surface area contributed by atoms with Crippen LogP contribution in [0.5, 0.6) is 5.75 Å². The highest BCUT2D eigenvalue weighted by atomic mass is 32.1. The number of ether oxygens (including phenoxy) is 1. The topological polar surface area (TPSA) is 86.1 Å². The molecule has 4 aromatic rings. The highest BCUT2D eigenvalue weighted by Gasteiger charge is 2.18. The van der Waals surface area contributed by atoms with E-state index in [1.807, 2.05) is 54.6 Å². The van der Waals surface area contributed by atoms with Gasteiger partial charge in [-0.05, 0) is 34.8 Å². The molecule has 29 heavy (non-hydrogen) atoms. The molecule has 2 heterocycles. The molecule has 0 spiro atoms. The molecule has 1 N–H and O–H groups in total. The maximum atomic E-state index is 12.7. The van der Waals surface area contributed by atoms with Crippen molar-refractivity contribution in [2.75, 3.05) is 7.11 Å². The van der Waals surface area contributed by atoms with Crippen molar-refractivity contribution >= 4 is 28.5 Å². The van der Waals surface area contributed by atoms with Gasteiger partial charge in [0, 0.05) is 6.54 Å². The van der Waals surface area contributed by atoms with E-state index in [2.05, 4.69) is 14.7 Å². The Morgan fingerprint density at radius 2 is 1.83 bits per heavy atom. The van der Waals surface area contributed by atoms with Crippen molar-refractivity contribution < 1.29 is 9.53 Å². The number of carbonyl (C=O) groups is 1. The van der Waals surface area contributed by atoms with Crippen molar-refractivity contribution in [3.8, 4) is 5.75 Å². The zero-order valence-corrected chi connectivity index (χ0v) is 16.5. The van der Waals surface area contributed by atoms with E-state index in [-0.39, 0.29) is 17.0 Å². The molecule has 0 saturated heterocycles. The smallest absolute Gasteiger partial charge is 0.281 e. The van der Waals surface area contributed by atoms with E-state index in [4.69, 9.17) is 4.74 Å². The second-order valence-corrected chi connectivity index (χ2v) is 7.18. The maximum absolute atomic E-state index is 12.7. The average molecular weight is 406 g/mol. The number of rotatable bonds is 6. The third-order valence-electron chi connectivity index (χ3n) is 4.47. The zero-order valence-electron chi connectivity index (χ0n) is 15.7. The van der Waals surface area contributed by atoms with Gasteiger partial charge in [-0.1, -0.05) is 42.5 Å². The fourth-order valence-electron chi connectivity index (χ4n) is 2.91. The molecular formula is C21H18N4O3S. The predicted molar refractivity (Wildman–Crippen MR) is 111 cm³/mol. The molecule has 7 nitrogen and oxygen atoms in total. The highest BCUT2D eigenvalue weighted by Crippen LogP contribution is 2.18. The first-order valence-corrected chi connectivity index (χ1v) is 9.73. The lowest BCUT2D eigenvalue weighted by atomic mass is 10.2. The Kier molecular flexibility index (Phi) is 5.35. The predicted octanol–water partition coefficient (Wildman–Crippen LogP) is 2.84. The summed E-state index contributed by atoms with van der Waals surface area (Å²) in [7, 11) is 1.60. The number of hydrogen-bond donors (Lipinski definition) is 1. The molecule has 0 bridgehead atoms. The number of nitrogens with one attached hydrogen (secondary N) is 1. The minimum atomic E-state index is -0.305. The quantitative estimate of drug-likeness (QED) is 0.532. The number of carbonyl (C=O) groups excluding carboxylic acids is 1. The van der Waals surface area contributed by atoms with Gasteiger partial charge in [-0.3, -0.25) is 14.2 Å². The van der Waals surface area contributed by atoms with Gasteiger partial charge in [-0.25, -0.2) is 4.98 Å². The largest absolute Gasteiger partial charge is 0.497 e. The second-order valence-electron chi connectivity index (χ2n) is 6.40. The Labute approximate surface area is 170 Å². The molecule has 4 rings (SSSR count). The van der Waals surface area contributed by atoms with Crippen molar-refractivity contribution in [2.24, 2.45) is 0 Å². The summed E-state index contributed by atoms with van der Waals surface area (Å²) in [5, 5.41) is 2.85. The molecule has 2 aromatic carbocycles. The van der Waals surface area contributed by atoms with E-state index >= 15 is 0 Å². The summed E-state index contributed by atoms with van der Waals surface area (Å²) in [5.41, 5.74) is 2.21. The van der Waals surface area contributed by atoms with Gasteiger partial charge in [0.25, 0.3) is 11.5 Å². The van der Waals surface area contributed by atoms with Crippen LogP contribution in [0.3, 0.4) is 0 Å². The van der Waals surface area contributed by atoms with Crippen LogP contribution in [-0.2, 0) is 13.1 Å². The van der Waals surface area contributed by atoms with Crippen molar-refractivity contribution in [3.05, 3.63) is 87.3 Å². The SMILES string of the molecule is COc1ccc(CNC(=O)c2snc3c(=O)n(Cc4ccccc4)cnc23)cc1. The molecule has 0 aliphatic carbocycles. The van der Waals surface area contributed by atoms with Gasteiger partial charge >= 0.3 is 0 Å². The number of aromatic nitrogens is 3. The van der Waals surface area contributed by atoms with Crippen LogP contribution < -0.4 is 15.6 Å². The molecule has 0 aliphatic heterocycles. The van der Waals surface area contributed by atoms with Crippen LogP contribution in [0.2, 0.25) is 0 Å². The van der Waals surface area contributed by atoms with Crippen LogP contribution in [0, 0.1) is 0 Å². The van der Waals surface area contributed by atoms with Crippen molar-refractivity contribution in [1.82, 2.24) is 19.2 Å². The van der Waals surface area contributed by atoms with Gasteiger partial charge in [0.2, 0.25) is 0 Å². The second kappa shape index (κ2) is 8.24. The fraction of sp³-hybridized carbons (Fsp3) is 0.143. The molecular weight excluding hydrogens is 388 g/mol. The van der Waals surface area contributed by atoms with Crippen LogP contribution in [0.4, 0.5) is 0 Å². The number of fused-ring (bicyclic) bond motifs is 1. The van der Waals surface area contributed by atoms with Crippen LogP contribution in [0.1, 0.15) is 20.8 Å². The van der Waals surface area contributed by atoms with E-state index < -0.39 is 0 Å². The first kappa shape index (κ1) is 18.8. The molecule has 1 amide bonds. The average Bonchev–Trinajstić information content (AvgIpc) is 3.20. The van der Waals surface area contributed by atoms with Crippen molar-refractivity contribution in [3.63, 3.8) is 0 Å². The summed E-state index contributed by atoms with van der Waals surface area (Å²) in [6, 6.07) is 17.1. The number of amides is 1. The summed E-state index contributed by atoms with van der Waals surface area (Å²) in [4.78, 5) is 30.0. The lowest BCUT2D eigenvalue weighted by molar-refractivity contribution is 0.0956. The van der Waals surface area contributed by atoms with E-state index in [0.29, 0.717) is 23.5 Å². The van der Waals surface area contributed by atoms with Crippen molar-refractivity contribution in [2.45, 2.75) is 13.1 Å². The Bertz CT molecular complexity index is 1200. The normalized spacial score (nSPS) is 10.8. The summed E-state index contributed by atoms with van der Waals surface area (Å²) in [6.07, 6.45) is 1.46. The minimum Gasteiger partial charge on any atom is -0.497 e. The summed E-state index contributed by atoms with van der Waals surface area (Å²) >= 11 is 0.983. The molecule has 0 atom stereocenters. The van der Waals surface area contributed by atoms with E-state index in [1.165, 1.54) is 10.9 Å². The molecule has 0 saturated carbocycles. The molecule has 2 aromatic heterocycles. The van der Waals surface area contributed by atoms with Crippen LogP contribution in [-0.4, -0.2) is 26.9 Å². The summed E-state index contributed by atoms with van der Waals surface area (Å²) in [5.74, 6) is 0.450. The van der Waals surface area contributed by atoms with E-state index in [9.17, 15) is 9.59 Å². The van der Waals surface area contributed by atoms with Gasteiger partial charge < -0.3 is 10.1 Å². The van der Waals surface area contributed by atoms with E-state index in [1.54, 1.807) is 7.11 Å². The molecule has 146 valence electrons. The first-order valence-electron chi connectivity index (χ1n) is 8.95. The van der Waals surface area contributed by atoms with Gasteiger partial charge in [-0.2, -0.15) is 4.37 Å². The Morgan fingerprint density at radius 1 is 1.07 bits per heavy atom. The molecule has 0 unspecified atom stereocenters. The minimum absolute atomic E-state index is 0.211. The third-order valence-corrected chi connectivity index (χ3v) is 5.31. The van der Waals surface area contributed by atoms with Gasteiger partial charge in [0.05, 0.1) is 20.0 Å². The molecule has 0 aliphatic rings. The standard InChI is InChI=1S/C21H18N4O3S/c1-28-16-9-7-14(8-10-16)11-22-20(26)19-17-18(24-29-19)21(27)25(13-23-17)12-15-5-3-2-4-6-15/h2-10,13H,11-12H2,1H3,(H,22,26). The summed E-state index contributed by atoms with van der Waals surface area (Å²) < 4.78 is 10.8. The fourth-order valence-corrected chi connectivity index (χ4v) is 3.65. The van der Waals surface area contributed by atoms with Crippen molar-refractivity contribution in [1.29, 1.82) is 0 Å². The maximum Gasteiger partial charge on any atom is 0.281 e. The van der Waals surface area contributed by atoms with Crippen LogP contribution in [0.25, 0.3) is 11.0 Å². The van der Waals surface area contributed by atoms with Crippen LogP contribution >= 0.6 is 11.5 Å².